The van der Waals surface area contributed by atoms with Crippen LogP contribution in [0.1, 0.15) is 74.2 Å². The molecule has 0 radical (unpaired) electrons. The maximum Gasteiger partial charge on any atom is 0.341 e. The Morgan fingerprint density at radius 1 is 1.11 bits per heavy atom. The second-order valence-electron chi connectivity index (χ2n) is 9.96. The van der Waals surface area contributed by atoms with Gasteiger partial charge in [0.2, 0.25) is 0 Å². The normalized spacial score (nSPS) is 17.2. The SMILES string of the molecule is CCOC(=O)c1c(-n2c(C)cc(/C=C3\SC(=NCc4cc(C)cc(C)c4)NC3=O)c2C)sc2c1CCCC2. The number of aryl methyl sites for hydroxylation is 4. The maximum absolute atomic E-state index is 13.1. The summed E-state index contributed by atoms with van der Waals surface area (Å²) in [6.45, 7) is 11.0. The Morgan fingerprint density at radius 3 is 2.58 bits per heavy atom. The third-order valence-corrected chi connectivity index (χ3v) is 9.15. The van der Waals surface area contributed by atoms with E-state index in [0.29, 0.717) is 28.8 Å². The molecule has 0 spiro atoms. The van der Waals surface area contributed by atoms with Gasteiger partial charge in [0.1, 0.15) is 5.00 Å². The van der Waals surface area contributed by atoms with Gasteiger partial charge in [0.15, 0.2) is 5.17 Å². The molecule has 0 atom stereocenters. The zero-order chi connectivity index (χ0) is 27.0. The number of thiophene rings is 1. The zero-order valence-electron chi connectivity index (χ0n) is 22.6. The topological polar surface area (TPSA) is 72.7 Å². The molecular formula is C30H33N3O3S2. The summed E-state index contributed by atoms with van der Waals surface area (Å²) >= 11 is 3.07. The number of ether oxygens (including phenoxy) is 1. The maximum atomic E-state index is 13.1. The Labute approximate surface area is 232 Å². The van der Waals surface area contributed by atoms with Crippen molar-refractivity contribution in [2.45, 2.75) is 66.8 Å². The number of nitrogens with zero attached hydrogens (tertiary/aromatic N) is 2. The number of amides is 1. The highest BCUT2D eigenvalue weighted by Gasteiger charge is 2.29. The summed E-state index contributed by atoms with van der Waals surface area (Å²) in [6.07, 6.45) is 6.09. The summed E-state index contributed by atoms with van der Waals surface area (Å²) in [5.74, 6) is -0.387. The fourth-order valence-electron chi connectivity index (χ4n) is 5.34. The number of carbonyl (C=O) groups is 2. The van der Waals surface area contributed by atoms with Gasteiger partial charge in [0.05, 0.1) is 23.6 Å². The Hall–Kier alpha value is -3.10. The number of fused-ring (bicyclic) bond motifs is 1. The molecule has 0 saturated carbocycles. The molecule has 38 heavy (non-hydrogen) atoms. The number of aliphatic imine (C=N–C) groups is 1. The van der Waals surface area contributed by atoms with Gasteiger partial charge in [-0.15, -0.1) is 11.3 Å². The van der Waals surface area contributed by atoms with Crippen molar-refractivity contribution < 1.29 is 14.3 Å². The van der Waals surface area contributed by atoms with E-state index in [1.807, 2.05) is 26.8 Å². The van der Waals surface area contributed by atoms with Gasteiger partial charge in [-0.3, -0.25) is 9.79 Å². The van der Waals surface area contributed by atoms with E-state index in [4.69, 9.17) is 4.74 Å². The molecular weight excluding hydrogens is 514 g/mol. The van der Waals surface area contributed by atoms with Gasteiger partial charge in [0.25, 0.3) is 5.91 Å². The van der Waals surface area contributed by atoms with Crippen LogP contribution in [-0.4, -0.2) is 28.2 Å². The van der Waals surface area contributed by atoms with E-state index in [0.717, 1.165) is 58.8 Å². The zero-order valence-corrected chi connectivity index (χ0v) is 24.2. The quantitative estimate of drug-likeness (QED) is 0.279. The Balaban J connectivity index is 1.45. The summed E-state index contributed by atoms with van der Waals surface area (Å²) in [7, 11) is 0. The average Bonchev–Trinajstić information content (AvgIpc) is 3.50. The third-order valence-electron chi connectivity index (χ3n) is 6.93. The van der Waals surface area contributed by atoms with Gasteiger partial charge in [-0.25, -0.2) is 4.79 Å². The fraction of sp³-hybridized carbons (Fsp3) is 0.367. The first kappa shape index (κ1) is 26.5. The highest BCUT2D eigenvalue weighted by Crippen LogP contribution is 2.39. The molecule has 1 aromatic carbocycles. The molecule has 5 rings (SSSR count). The first-order chi connectivity index (χ1) is 18.2. The summed E-state index contributed by atoms with van der Waals surface area (Å²) in [5, 5.41) is 4.45. The Bertz CT molecular complexity index is 1470. The lowest BCUT2D eigenvalue weighted by Gasteiger charge is -2.13. The standard InChI is InChI=1S/C30H33N3O3S2/c1-6-36-29(35)26-23-9-7-8-10-24(23)37-28(26)33-19(4)14-22(20(33)5)15-25-27(34)32-30(38-25)31-16-21-12-17(2)11-18(3)13-21/h11-15H,6-10,16H2,1-5H3,(H,31,32,34)/b25-15-. The van der Waals surface area contributed by atoms with Crippen LogP contribution in [0.15, 0.2) is 34.2 Å². The minimum atomic E-state index is -0.246. The lowest BCUT2D eigenvalue weighted by atomic mass is 9.95. The number of esters is 1. The number of rotatable bonds is 6. The van der Waals surface area contributed by atoms with Crippen LogP contribution in [0.4, 0.5) is 0 Å². The number of nitrogens with one attached hydrogen (secondary N) is 1. The van der Waals surface area contributed by atoms with Crippen LogP contribution in [0.5, 0.6) is 0 Å². The van der Waals surface area contributed by atoms with E-state index in [2.05, 4.69) is 53.0 Å². The molecule has 0 unspecified atom stereocenters. The van der Waals surface area contributed by atoms with E-state index in [1.54, 1.807) is 11.3 Å². The molecule has 1 fully saturated rings. The number of aromatic nitrogens is 1. The number of amidine groups is 1. The van der Waals surface area contributed by atoms with Gasteiger partial charge >= 0.3 is 5.97 Å². The average molecular weight is 548 g/mol. The highest BCUT2D eigenvalue weighted by atomic mass is 32.2. The molecule has 3 aromatic rings. The third kappa shape index (κ3) is 5.24. The second kappa shape index (κ2) is 10.9. The summed E-state index contributed by atoms with van der Waals surface area (Å²) in [4.78, 5) is 32.4. The van der Waals surface area contributed by atoms with Crippen LogP contribution in [0, 0.1) is 27.7 Å². The van der Waals surface area contributed by atoms with Crippen LogP contribution in [-0.2, 0) is 28.9 Å². The molecule has 2 aromatic heterocycles. The lowest BCUT2D eigenvalue weighted by Crippen LogP contribution is -2.19. The summed E-state index contributed by atoms with van der Waals surface area (Å²) in [6, 6.07) is 8.46. The molecule has 1 aliphatic heterocycles. The van der Waals surface area contributed by atoms with Crippen LogP contribution >= 0.6 is 23.1 Å². The minimum absolute atomic E-state index is 0.141. The van der Waals surface area contributed by atoms with Crippen molar-refractivity contribution in [3.63, 3.8) is 0 Å². The Kier molecular flexibility index (Phi) is 7.63. The lowest BCUT2D eigenvalue weighted by molar-refractivity contribution is -0.115. The van der Waals surface area contributed by atoms with Crippen LogP contribution in [0.25, 0.3) is 11.1 Å². The van der Waals surface area contributed by atoms with Crippen LogP contribution < -0.4 is 5.32 Å². The van der Waals surface area contributed by atoms with E-state index in [1.165, 1.54) is 27.8 Å². The van der Waals surface area contributed by atoms with Crippen molar-refractivity contribution in [1.29, 1.82) is 0 Å². The molecule has 1 aliphatic carbocycles. The number of thioether (sulfide) groups is 1. The van der Waals surface area contributed by atoms with Crippen molar-refractivity contribution in [3.8, 4) is 5.00 Å². The smallest absolute Gasteiger partial charge is 0.341 e. The molecule has 6 nitrogen and oxygen atoms in total. The summed E-state index contributed by atoms with van der Waals surface area (Å²) < 4.78 is 7.62. The van der Waals surface area contributed by atoms with Crippen LogP contribution in [0.2, 0.25) is 0 Å². The van der Waals surface area contributed by atoms with Gasteiger partial charge in [-0.05, 0) is 101 Å². The highest BCUT2D eigenvalue weighted by molar-refractivity contribution is 8.18. The number of hydrogen-bond donors (Lipinski definition) is 1. The molecule has 1 N–H and O–H groups in total. The fourth-order valence-corrected chi connectivity index (χ4v) is 7.63. The van der Waals surface area contributed by atoms with E-state index in [-0.39, 0.29) is 11.9 Å². The largest absolute Gasteiger partial charge is 0.462 e. The van der Waals surface area contributed by atoms with Crippen molar-refractivity contribution in [1.82, 2.24) is 9.88 Å². The molecule has 1 amide bonds. The molecule has 3 heterocycles. The number of carbonyl (C=O) groups excluding carboxylic acids is 2. The number of hydrogen-bond acceptors (Lipinski definition) is 6. The first-order valence-corrected chi connectivity index (χ1v) is 14.7. The summed E-state index contributed by atoms with van der Waals surface area (Å²) in [5.41, 5.74) is 8.37. The van der Waals surface area contributed by atoms with Crippen molar-refractivity contribution in [2.75, 3.05) is 6.61 Å². The van der Waals surface area contributed by atoms with Gasteiger partial charge in [-0.2, -0.15) is 0 Å². The molecule has 0 bridgehead atoms. The van der Waals surface area contributed by atoms with Gasteiger partial charge in [0, 0.05) is 16.3 Å². The predicted octanol–water partition coefficient (Wildman–Crippen LogP) is 6.59. The van der Waals surface area contributed by atoms with Crippen LogP contribution in [0.3, 0.4) is 0 Å². The predicted molar refractivity (Wildman–Crippen MR) is 156 cm³/mol. The molecule has 1 saturated heterocycles. The van der Waals surface area contributed by atoms with Gasteiger partial charge < -0.3 is 14.6 Å². The van der Waals surface area contributed by atoms with Crippen molar-refractivity contribution >= 4 is 46.2 Å². The van der Waals surface area contributed by atoms with E-state index >= 15 is 0 Å². The molecule has 2 aliphatic rings. The Morgan fingerprint density at radius 2 is 1.84 bits per heavy atom. The van der Waals surface area contributed by atoms with E-state index < -0.39 is 0 Å². The minimum Gasteiger partial charge on any atom is -0.462 e. The molecule has 198 valence electrons. The first-order valence-electron chi connectivity index (χ1n) is 13.1. The number of benzene rings is 1. The monoisotopic (exact) mass is 547 g/mol. The van der Waals surface area contributed by atoms with Crippen molar-refractivity contribution in [3.05, 3.63) is 78.8 Å². The molecule has 8 heteroatoms. The van der Waals surface area contributed by atoms with E-state index in [9.17, 15) is 9.59 Å². The van der Waals surface area contributed by atoms with Crippen molar-refractivity contribution in [2.24, 2.45) is 4.99 Å². The van der Waals surface area contributed by atoms with Gasteiger partial charge in [-0.1, -0.05) is 29.3 Å². The second-order valence-corrected chi connectivity index (χ2v) is 12.1.